The fraction of sp³-hybridized carbons (Fsp3) is 0.583. The highest BCUT2D eigenvalue weighted by Crippen LogP contribution is 2.12. The molecule has 4 nitrogen and oxygen atoms in total. The number of ether oxygens (including phenoxy) is 2. The summed E-state index contributed by atoms with van der Waals surface area (Å²) < 4.78 is 10.9. The maximum atomic E-state index is 5.70. The lowest BCUT2D eigenvalue weighted by atomic mass is 10.3. The van der Waals surface area contributed by atoms with Gasteiger partial charge in [0.1, 0.15) is 5.82 Å². The van der Waals surface area contributed by atoms with Gasteiger partial charge in [-0.25, -0.2) is 4.98 Å². The molecule has 0 aromatic carbocycles. The van der Waals surface area contributed by atoms with Crippen LogP contribution in [0, 0.1) is 0 Å². The molecule has 1 fully saturated rings. The van der Waals surface area contributed by atoms with Crippen LogP contribution in [0.5, 0.6) is 0 Å². The van der Waals surface area contributed by atoms with E-state index in [1.165, 1.54) is 0 Å². The summed E-state index contributed by atoms with van der Waals surface area (Å²) in [5.41, 5.74) is 1.11. The number of hydrogen-bond donors (Lipinski definition) is 1. The van der Waals surface area contributed by atoms with Gasteiger partial charge in [0.25, 0.3) is 0 Å². The van der Waals surface area contributed by atoms with Crippen LogP contribution in [-0.2, 0) is 16.1 Å². The first-order chi connectivity index (χ1) is 7.88. The van der Waals surface area contributed by atoms with Crippen molar-refractivity contribution in [2.24, 2.45) is 0 Å². The molecule has 1 aliphatic heterocycles. The number of rotatable bonds is 5. The molecule has 0 amide bonds. The maximum Gasteiger partial charge on any atom is 0.125 e. The summed E-state index contributed by atoms with van der Waals surface area (Å²) in [4.78, 5) is 4.29. The summed E-state index contributed by atoms with van der Waals surface area (Å²) in [6.07, 6.45) is 3.12. The van der Waals surface area contributed by atoms with E-state index in [4.69, 9.17) is 9.47 Å². The third-order valence-electron chi connectivity index (χ3n) is 2.56. The predicted octanol–water partition coefficient (Wildman–Crippen LogP) is 1.82. The molecule has 88 valence electrons. The lowest BCUT2D eigenvalue weighted by Gasteiger charge is -2.09. The van der Waals surface area contributed by atoms with Gasteiger partial charge in [0.05, 0.1) is 19.3 Å². The molecular formula is C12H18N2O2. The largest absolute Gasteiger partial charge is 0.379 e. The van der Waals surface area contributed by atoms with Crippen molar-refractivity contribution in [1.82, 2.24) is 4.98 Å². The van der Waals surface area contributed by atoms with Crippen molar-refractivity contribution in [2.45, 2.75) is 26.1 Å². The molecule has 1 aromatic heterocycles. The third-order valence-corrected chi connectivity index (χ3v) is 2.56. The van der Waals surface area contributed by atoms with Crippen molar-refractivity contribution >= 4 is 5.82 Å². The van der Waals surface area contributed by atoms with Crippen LogP contribution >= 0.6 is 0 Å². The van der Waals surface area contributed by atoms with Gasteiger partial charge in [0.15, 0.2) is 0 Å². The molecule has 1 atom stereocenters. The molecule has 0 saturated carbocycles. The third kappa shape index (κ3) is 3.18. The SMILES string of the molecule is CCNc1ccc(COC2CCOC2)cn1. The Kier molecular flexibility index (Phi) is 4.13. The van der Waals surface area contributed by atoms with Crippen LogP contribution in [0.2, 0.25) is 0 Å². The Morgan fingerprint density at radius 3 is 3.12 bits per heavy atom. The Morgan fingerprint density at radius 1 is 1.56 bits per heavy atom. The number of pyridine rings is 1. The smallest absolute Gasteiger partial charge is 0.125 e. The standard InChI is InChI=1S/C12H18N2O2/c1-2-13-12-4-3-10(7-14-12)8-16-11-5-6-15-9-11/h3-4,7,11H,2,5-6,8-9H2,1H3,(H,13,14). The van der Waals surface area contributed by atoms with Crippen LogP contribution in [0.3, 0.4) is 0 Å². The Bertz CT molecular complexity index is 307. The van der Waals surface area contributed by atoms with Crippen molar-refractivity contribution in [2.75, 3.05) is 25.1 Å². The highest BCUT2D eigenvalue weighted by molar-refractivity contribution is 5.34. The van der Waals surface area contributed by atoms with Gasteiger partial charge < -0.3 is 14.8 Å². The van der Waals surface area contributed by atoms with Crippen LogP contribution in [0.25, 0.3) is 0 Å². The Labute approximate surface area is 96.0 Å². The van der Waals surface area contributed by atoms with Crippen LogP contribution < -0.4 is 5.32 Å². The Hall–Kier alpha value is -1.13. The van der Waals surface area contributed by atoms with Crippen LogP contribution in [0.1, 0.15) is 18.9 Å². The van der Waals surface area contributed by atoms with Gasteiger partial charge in [-0.2, -0.15) is 0 Å². The lowest BCUT2D eigenvalue weighted by Crippen LogP contribution is -2.12. The van der Waals surface area contributed by atoms with E-state index in [1.807, 2.05) is 18.3 Å². The molecule has 16 heavy (non-hydrogen) atoms. The lowest BCUT2D eigenvalue weighted by molar-refractivity contribution is 0.0316. The molecule has 1 aliphatic rings. The zero-order valence-electron chi connectivity index (χ0n) is 9.61. The summed E-state index contributed by atoms with van der Waals surface area (Å²) in [6, 6.07) is 4.02. The van der Waals surface area contributed by atoms with Gasteiger partial charge in [-0.05, 0) is 25.0 Å². The molecule has 2 rings (SSSR count). The molecule has 4 heteroatoms. The first-order valence-electron chi connectivity index (χ1n) is 5.76. The van der Waals surface area contributed by atoms with E-state index in [0.717, 1.165) is 37.6 Å². The molecule has 0 radical (unpaired) electrons. The van der Waals surface area contributed by atoms with Gasteiger partial charge in [0, 0.05) is 19.3 Å². The second kappa shape index (κ2) is 5.82. The minimum Gasteiger partial charge on any atom is -0.379 e. The molecule has 0 spiro atoms. The van der Waals surface area contributed by atoms with Gasteiger partial charge in [-0.15, -0.1) is 0 Å². The van der Waals surface area contributed by atoms with Gasteiger partial charge in [0.2, 0.25) is 0 Å². The molecule has 1 saturated heterocycles. The van der Waals surface area contributed by atoms with Gasteiger partial charge in [-0.1, -0.05) is 6.07 Å². The summed E-state index contributed by atoms with van der Waals surface area (Å²) >= 11 is 0. The van der Waals surface area contributed by atoms with E-state index < -0.39 is 0 Å². The highest BCUT2D eigenvalue weighted by Gasteiger charge is 2.15. The number of nitrogens with one attached hydrogen (secondary N) is 1. The summed E-state index contributed by atoms with van der Waals surface area (Å²) in [5.74, 6) is 0.912. The summed E-state index contributed by atoms with van der Waals surface area (Å²) in [6.45, 7) is 5.11. The zero-order valence-corrected chi connectivity index (χ0v) is 9.61. The topological polar surface area (TPSA) is 43.4 Å². The molecule has 1 N–H and O–H groups in total. The first kappa shape index (κ1) is 11.4. The summed E-state index contributed by atoms with van der Waals surface area (Å²) in [7, 11) is 0. The minimum absolute atomic E-state index is 0.258. The van der Waals surface area contributed by atoms with Crippen molar-refractivity contribution in [1.29, 1.82) is 0 Å². The molecule has 2 heterocycles. The van der Waals surface area contributed by atoms with E-state index in [2.05, 4.69) is 17.2 Å². The number of nitrogens with zero attached hydrogens (tertiary/aromatic N) is 1. The molecule has 1 aromatic rings. The van der Waals surface area contributed by atoms with Crippen molar-refractivity contribution < 1.29 is 9.47 Å². The normalized spacial score (nSPS) is 19.9. The second-order valence-corrected chi connectivity index (χ2v) is 3.88. The van der Waals surface area contributed by atoms with Crippen LogP contribution in [-0.4, -0.2) is 30.8 Å². The zero-order chi connectivity index (χ0) is 11.2. The molecule has 0 aliphatic carbocycles. The average Bonchev–Trinajstić information content (AvgIpc) is 2.82. The Balaban J connectivity index is 1.80. The van der Waals surface area contributed by atoms with E-state index in [0.29, 0.717) is 6.61 Å². The van der Waals surface area contributed by atoms with Crippen molar-refractivity contribution in [3.63, 3.8) is 0 Å². The number of hydrogen-bond acceptors (Lipinski definition) is 4. The van der Waals surface area contributed by atoms with Crippen molar-refractivity contribution in [3.05, 3.63) is 23.9 Å². The fourth-order valence-electron chi connectivity index (χ4n) is 1.65. The van der Waals surface area contributed by atoms with Crippen LogP contribution in [0.4, 0.5) is 5.82 Å². The highest BCUT2D eigenvalue weighted by atomic mass is 16.5. The van der Waals surface area contributed by atoms with E-state index in [1.54, 1.807) is 0 Å². The Morgan fingerprint density at radius 2 is 2.50 bits per heavy atom. The maximum absolute atomic E-state index is 5.70. The van der Waals surface area contributed by atoms with E-state index >= 15 is 0 Å². The number of anilines is 1. The molecule has 0 bridgehead atoms. The first-order valence-corrected chi connectivity index (χ1v) is 5.76. The fourth-order valence-corrected chi connectivity index (χ4v) is 1.65. The van der Waals surface area contributed by atoms with E-state index in [9.17, 15) is 0 Å². The van der Waals surface area contributed by atoms with Crippen molar-refractivity contribution in [3.8, 4) is 0 Å². The van der Waals surface area contributed by atoms with E-state index in [-0.39, 0.29) is 6.10 Å². The quantitative estimate of drug-likeness (QED) is 0.825. The number of aromatic nitrogens is 1. The minimum atomic E-state index is 0.258. The second-order valence-electron chi connectivity index (χ2n) is 3.88. The average molecular weight is 222 g/mol. The van der Waals surface area contributed by atoms with Gasteiger partial charge >= 0.3 is 0 Å². The molecular weight excluding hydrogens is 204 g/mol. The van der Waals surface area contributed by atoms with Gasteiger partial charge in [-0.3, -0.25) is 0 Å². The molecule has 1 unspecified atom stereocenters. The summed E-state index contributed by atoms with van der Waals surface area (Å²) in [5, 5.41) is 3.16. The monoisotopic (exact) mass is 222 g/mol. The predicted molar refractivity (Wildman–Crippen MR) is 62.4 cm³/mol. The van der Waals surface area contributed by atoms with Crippen LogP contribution in [0.15, 0.2) is 18.3 Å².